The van der Waals surface area contributed by atoms with Crippen LogP contribution in [0.3, 0.4) is 0 Å². The van der Waals surface area contributed by atoms with E-state index in [1.165, 1.54) is 76.7 Å². The number of halogens is 2. The molecule has 20 nitrogen and oxygen atoms in total. The van der Waals surface area contributed by atoms with Crippen molar-refractivity contribution in [2.45, 2.75) is 12.2 Å². The molecule has 0 radical (unpaired) electrons. The fourth-order valence-corrected chi connectivity index (χ4v) is 11.1. The first-order chi connectivity index (χ1) is 39.3. The van der Waals surface area contributed by atoms with Gasteiger partial charge < -0.3 is 47.6 Å². The van der Waals surface area contributed by atoms with Crippen molar-refractivity contribution in [3.05, 3.63) is 155 Å². The summed E-state index contributed by atoms with van der Waals surface area (Å²) in [6.07, 6.45) is 1.03. The van der Waals surface area contributed by atoms with Crippen molar-refractivity contribution in [1.29, 1.82) is 0 Å². The van der Waals surface area contributed by atoms with Crippen LogP contribution in [0.5, 0.6) is 0 Å². The summed E-state index contributed by atoms with van der Waals surface area (Å²) in [7, 11) is -1.45. The van der Waals surface area contributed by atoms with Crippen molar-refractivity contribution in [3.63, 3.8) is 0 Å². The molecule has 6 heterocycles. The third-order valence-corrected chi connectivity index (χ3v) is 16.8. The first kappa shape index (κ1) is 55.1. The van der Waals surface area contributed by atoms with Crippen LogP contribution in [0.4, 0.5) is 32.2 Å². The highest BCUT2D eigenvalue weighted by Gasteiger charge is 2.34. The van der Waals surface area contributed by atoms with Gasteiger partial charge in [0.15, 0.2) is 11.2 Å². The molecule has 2 aliphatic heterocycles. The van der Waals surface area contributed by atoms with Gasteiger partial charge in [0, 0.05) is 86.4 Å². The molecule has 2 aliphatic rings. The second kappa shape index (κ2) is 21.9. The summed E-state index contributed by atoms with van der Waals surface area (Å²) in [5.74, 6) is -1.19. The molecule has 4 aromatic heterocycles. The number of para-hydroxylation sites is 4. The van der Waals surface area contributed by atoms with Gasteiger partial charge in [-0.25, -0.2) is 25.6 Å². The standard InChI is InChI=1S/2C29H27FN4O6S/c2*1-31-28(35)26-20-14-19(25-16-34(12-13-38-25)29-32-21-6-4-5-7-23(21)40-29)22(33(2)41(3,36)37)15-24(20)39-27(26)17-8-10-18(30)11-9-17/h2*4-11,14-15,25H,12-13,16H2,1-3H3,(H,31,35)/t2*25-/m10/s1. The van der Waals surface area contributed by atoms with Crippen molar-refractivity contribution >= 4 is 99.4 Å². The van der Waals surface area contributed by atoms with Crippen molar-refractivity contribution in [2.75, 3.05) is 98.5 Å². The number of rotatable bonds is 12. The normalized spacial score (nSPS) is 15.9. The number of hydrogen-bond donors (Lipinski definition) is 2. The van der Waals surface area contributed by atoms with E-state index >= 15 is 0 Å². The van der Waals surface area contributed by atoms with Gasteiger partial charge >= 0.3 is 0 Å². The second-order valence-corrected chi connectivity index (χ2v) is 23.6. The Kier molecular flexibility index (Phi) is 14.7. The monoisotopic (exact) mass is 1160 g/mol. The molecule has 12 rings (SSSR count). The van der Waals surface area contributed by atoms with Crippen LogP contribution in [0.25, 0.3) is 66.8 Å². The van der Waals surface area contributed by atoms with Crippen molar-refractivity contribution in [1.82, 2.24) is 20.6 Å². The van der Waals surface area contributed by atoms with Crippen LogP contribution in [0.15, 0.2) is 139 Å². The van der Waals surface area contributed by atoms with Crippen molar-refractivity contribution in [3.8, 4) is 22.6 Å². The summed E-state index contributed by atoms with van der Waals surface area (Å²) in [5, 5.41) is 6.22. The molecule has 6 aromatic carbocycles. The molecule has 82 heavy (non-hydrogen) atoms. The number of carbonyl (C=O) groups is 2. The van der Waals surface area contributed by atoms with Crippen LogP contribution in [0, 0.1) is 11.6 Å². The molecule has 2 amide bonds. The van der Waals surface area contributed by atoms with E-state index in [9.17, 15) is 35.2 Å². The van der Waals surface area contributed by atoms with E-state index in [4.69, 9.17) is 27.1 Å². The van der Waals surface area contributed by atoms with E-state index in [0.29, 0.717) is 118 Å². The van der Waals surface area contributed by atoms with Gasteiger partial charge in [-0.15, -0.1) is 0 Å². The number of sulfonamides is 2. The number of oxazole rings is 2. The third-order valence-electron chi connectivity index (χ3n) is 14.4. The number of carbonyl (C=O) groups excluding carboxylic acids is 2. The number of aromatic nitrogens is 2. The van der Waals surface area contributed by atoms with E-state index in [-0.39, 0.29) is 22.6 Å². The Morgan fingerprint density at radius 1 is 0.549 bits per heavy atom. The third kappa shape index (κ3) is 10.7. The maximum Gasteiger partial charge on any atom is 0.298 e. The highest BCUT2D eigenvalue weighted by atomic mass is 32.2. The van der Waals surface area contributed by atoms with Crippen molar-refractivity contribution in [2.24, 2.45) is 0 Å². The summed E-state index contributed by atoms with van der Waals surface area (Å²) in [6.45, 7) is 2.34. The lowest BCUT2D eigenvalue weighted by Gasteiger charge is -2.34. The van der Waals surface area contributed by atoms with Crippen LogP contribution in [0.2, 0.25) is 0 Å². The van der Waals surface area contributed by atoms with E-state index in [1.807, 2.05) is 58.3 Å². The number of furan rings is 2. The van der Waals surface area contributed by atoms with E-state index < -0.39 is 55.7 Å². The van der Waals surface area contributed by atoms with Crippen LogP contribution in [0.1, 0.15) is 44.1 Å². The molecule has 0 bridgehead atoms. The number of morpholine rings is 2. The Morgan fingerprint density at radius 2 is 0.927 bits per heavy atom. The Labute approximate surface area is 468 Å². The molecule has 2 N–H and O–H groups in total. The number of nitrogens with one attached hydrogen (secondary N) is 2. The van der Waals surface area contributed by atoms with Crippen LogP contribution in [-0.4, -0.2) is 119 Å². The molecule has 2 atom stereocenters. The van der Waals surface area contributed by atoms with E-state index in [1.54, 1.807) is 24.3 Å². The molecule has 24 heteroatoms. The Hall–Kier alpha value is -8.84. The van der Waals surface area contributed by atoms with Gasteiger partial charge in [-0.2, -0.15) is 9.97 Å². The molecule has 2 saturated heterocycles. The number of nitrogens with zero attached hydrogens (tertiary/aromatic N) is 6. The lowest BCUT2D eigenvalue weighted by Crippen LogP contribution is -2.39. The quantitative estimate of drug-likeness (QED) is 0.116. The van der Waals surface area contributed by atoms with Gasteiger partial charge in [-0.05, 0) is 84.9 Å². The zero-order valence-corrected chi connectivity index (χ0v) is 46.7. The molecule has 424 valence electrons. The second-order valence-electron chi connectivity index (χ2n) is 19.6. The summed E-state index contributed by atoms with van der Waals surface area (Å²) in [5.41, 5.74) is 6.62. The Balaban J connectivity index is 0.000000172. The van der Waals surface area contributed by atoms with Gasteiger partial charge in [0.25, 0.3) is 23.8 Å². The Morgan fingerprint density at radius 3 is 1.28 bits per heavy atom. The van der Waals surface area contributed by atoms with Crippen LogP contribution < -0.4 is 29.0 Å². The van der Waals surface area contributed by atoms with Crippen molar-refractivity contribution < 1.29 is 62.3 Å². The molecule has 0 spiro atoms. The number of ether oxygens (including phenoxy) is 2. The zero-order chi connectivity index (χ0) is 57.8. The minimum absolute atomic E-state index is 0.238. The minimum Gasteiger partial charge on any atom is -0.455 e. The number of benzene rings is 6. The zero-order valence-electron chi connectivity index (χ0n) is 45.1. The highest BCUT2D eigenvalue weighted by molar-refractivity contribution is 7.92. The first-order valence-electron chi connectivity index (χ1n) is 25.8. The fourth-order valence-electron chi connectivity index (χ4n) is 10.0. The molecule has 10 aromatic rings. The largest absolute Gasteiger partial charge is 0.455 e. The van der Waals surface area contributed by atoms with E-state index in [0.717, 1.165) is 32.2 Å². The number of anilines is 4. The predicted molar refractivity (Wildman–Crippen MR) is 306 cm³/mol. The molecule has 0 unspecified atom stereocenters. The number of hydrogen-bond acceptors (Lipinski definition) is 16. The van der Waals surface area contributed by atoms with Gasteiger partial charge in [0.05, 0.1) is 61.3 Å². The lowest BCUT2D eigenvalue weighted by atomic mass is 9.99. The van der Waals surface area contributed by atoms with Crippen LogP contribution >= 0.6 is 0 Å². The highest BCUT2D eigenvalue weighted by Crippen LogP contribution is 2.44. The summed E-state index contributed by atoms with van der Waals surface area (Å²) in [6, 6.07) is 33.6. The maximum atomic E-state index is 13.7. The lowest BCUT2D eigenvalue weighted by molar-refractivity contribution is 0.0385. The molecule has 2 fully saturated rings. The summed E-state index contributed by atoms with van der Waals surface area (Å²) >= 11 is 0. The van der Waals surface area contributed by atoms with Crippen LogP contribution in [-0.2, 0) is 29.5 Å². The predicted octanol–water partition coefficient (Wildman–Crippen LogP) is 9.43. The summed E-state index contributed by atoms with van der Waals surface area (Å²) in [4.78, 5) is 39.4. The van der Waals surface area contributed by atoms with Gasteiger partial charge in [-0.3, -0.25) is 18.2 Å². The Bertz CT molecular complexity index is 3980. The van der Waals surface area contributed by atoms with Gasteiger partial charge in [0.1, 0.15) is 57.6 Å². The summed E-state index contributed by atoms with van der Waals surface area (Å²) < 4.78 is 117. The number of amides is 2. The molecule has 0 aliphatic carbocycles. The number of fused-ring (bicyclic) bond motifs is 4. The average Bonchev–Trinajstić information content (AvgIpc) is 4.47. The van der Waals surface area contributed by atoms with E-state index in [2.05, 4.69) is 20.6 Å². The first-order valence-corrected chi connectivity index (χ1v) is 29.5. The van der Waals surface area contributed by atoms with Gasteiger partial charge in [-0.1, -0.05) is 24.3 Å². The maximum absolute atomic E-state index is 13.7. The minimum atomic E-state index is -3.68. The van der Waals surface area contributed by atoms with Gasteiger partial charge in [0.2, 0.25) is 20.0 Å². The molecular weight excluding hydrogens is 1100 g/mol. The average molecular weight is 1160 g/mol. The topological polar surface area (TPSA) is 236 Å². The SMILES string of the molecule is CNC(=O)c1c(-c2ccc(F)cc2)oc2cc(N(C)S(C)(=O)=O)c([C@@H]3CN(c4nc5ccccc5o4)CCO3)cc12.CNC(=O)c1c(-c2ccc(F)cc2)oc2cc(N(C)S(C)(=O)=O)c([C@H]3CN(c4nc5ccccc5o4)CCO3)cc12. The molecular formula is C58H54F2N8O12S2. The fraction of sp³-hybridized carbons (Fsp3) is 0.241. The molecule has 0 saturated carbocycles. The smallest absolute Gasteiger partial charge is 0.298 e.